The molecule has 0 unspecified atom stereocenters. The van der Waals surface area contributed by atoms with Gasteiger partial charge in [0.15, 0.2) is 0 Å². The second-order valence-electron chi connectivity index (χ2n) is 10.9. The molecule has 0 radical (unpaired) electrons. The smallest absolute Gasteiger partial charge is 0.141 e. The van der Waals surface area contributed by atoms with Gasteiger partial charge >= 0.3 is 0 Å². The molecule has 0 fully saturated rings. The van der Waals surface area contributed by atoms with E-state index in [-0.39, 0.29) is 0 Å². The Morgan fingerprint density at radius 2 is 0.848 bits per heavy atom. The Kier molecular flexibility index (Phi) is 6.45. The lowest BCUT2D eigenvalue weighted by Crippen LogP contribution is -1.96. The van der Waals surface area contributed by atoms with Crippen molar-refractivity contribution in [1.29, 1.82) is 10.5 Å². The number of pyridine rings is 4. The quantitative estimate of drug-likeness (QED) is 0.191. The van der Waals surface area contributed by atoms with Crippen LogP contribution in [0.5, 0.6) is 0 Å². The molecule has 0 saturated carbocycles. The average Bonchev–Trinajstić information content (AvgIpc) is 3.13. The van der Waals surface area contributed by atoms with Gasteiger partial charge in [-0.3, -0.25) is 0 Å². The molecule has 6 nitrogen and oxygen atoms in total. The third-order valence-electron chi connectivity index (χ3n) is 8.24. The van der Waals surface area contributed by atoms with E-state index in [9.17, 15) is 10.5 Å². The maximum absolute atomic E-state index is 9.44. The molecule has 0 saturated heterocycles. The number of nitrogens with zero attached hydrogens (tertiary/aromatic N) is 6. The topological polar surface area (TPSA) is 99.1 Å². The van der Waals surface area contributed by atoms with Crippen LogP contribution in [0.25, 0.3) is 77.3 Å². The van der Waals surface area contributed by atoms with Crippen molar-refractivity contribution in [2.75, 3.05) is 0 Å². The summed E-state index contributed by atoms with van der Waals surface area (Å²) in [7, 11) is 0. The average molecular weight is 587 g/mol. The number of fused-ring (bicyclic) bond motifs is 3. The van der Waals surface area contributed by atoms with E-state index in [4.69, 9.17) is 9.97 Å². The van der Waals surface area contributed by atoms with E-state index in [0.717, 1.165) is 77.3 Å². The fraction of sp³-hybridized carbons (Fsp3) is 0. The van der Waals surface area contributed by atoms with Crippen molar-refractivity contribution in [3.05, 3.63) is 145 Å². The van der Waals surface area contributed by atoms with Crippen molar-refractivity contribution >= 4 is 32.3 Å². The summed E-state index contributed by atoms with van der Waals surface area (Å²) in [6, 6.07) is 44.8. The Bertz CT molecular complexity index is 2400. The molecule has 8 rings (SSSR count). The number of rotatable bonds is 4. The molecule has 212 valence electrons. The third kappa shape index (κ3) is 4.59. The molecule has 46 heavy (non-hydrogen) atoms. The van der Waals surface area contributed by atoms with Gasteiger partial charge < -0.3 is 0 Å². The van der Waals surface area contributed by atoms with Crippen LogP contribution in [0.3, 0.4) is 0 Å². The highest BCUT2D eigenvalue weighted by Gasteiger charge is 2.20. The van der Waals surface area contributed by atoms with Crippen LogP contribution in [0.15, 0.2) is 134 Å². The summed E-state index contributed by atoms with van der Waals surface area (Å²) < 4.78 is 0. The van der Waals surface area contributed by atoms with Crippen molar-refractivity contribution in [1.82, 2.24) is 19.9 Å². The van der Waals surface area contributed by atoms with Crippen LogP contribution in [-0.4, -0.2) is 19.9 Å². The van der Waals surface area contributed by atoms with Crippen LogP contribution in [0, 0.1) is 22.7 Å². The zero-order valence-corrected chi connectivity index (χ0v) is 24.4. The maximum atomic E-state index is 9.44. The highest BCUT2D eigenvalue weighted by atomic mass is 14.7. The van der Waals surface area contributed by atoms with E-state index in [1.54, 1.807) is 24.5 Å². The fourth-order valence-corrected chi connectivity index (χ4v) is 6.19. The van der Waals surface area contributed by atoms with E-state index in [2.05, 4.69) is 82.8 Å². The van der Waals surface area contributed by atoms with E-state index in [0.29, 0.717) is 11.4 Å². The van der Waals surface area contributed by atoms with Crippen molar-refractivity contribution in [3.63, 3.8) is 0 Å². The van der Waals surface area contributed by atoms with E-state index in [1.807, 2.05) is 48.5 Å². The zero-order chi connectivity index (χ0) is 31.0. The highest BCUT2D eigenvalue weighted by Crippen LogP contribution is 2.44. The van der Waals surface area contributed by atoms with Crippen molar-refractivity contribution in [2.45, 2.75) is 0 Å². The van der Waals surface area contributed by atoms with Gasteiger partial charge in [-0.1, -0.05) is 60.7 Å². The van der Waals surface area contributed by atoms with Gasteiger partial charge in [-0.15, -0.1) is 0 Å². The Morgan fingerprint density at radius 1 is 0.413 bits per heavy atom. The summed E-state index contributed by atoms with van der Waals surface area (Å²) in [6.07, 6.45) is 3.28. The molecular weight excluding hydrogens is 564 g/mol. The lowest BCUT2D eigenvalue weighted by atomic mass is 9.87. The second-order valence-corrected chi connectivity index (χ2v) is 10.9. The Hall–Kier alpha value is -6.76. The summed E-state index contributed by atoms with van der Waals surface area (Å²) in [4.78, 5) is 18.6. The third-order valence-corrected chi connectivity index (χ3v) is 8.24. The summed E-state index contributed by atoms with van der Waals surface area (Å²) in [5.41, 5.74) is 7.62. The van der Waals surface area contributed by atoms with Gasteiger partial charge in [0.05, 0.1) is 22.8 Å². The minimum absolute atomic E-state index is 0.349. The van der Waals surface area contributed by atoms with E-state index in [1.165, 1.54) is 0 Å². The first-order valence-electron chi connectivity index (χ1n) is 14.8. The second kappa shape index (κ2) is 11.1. The largest absolute Gasteiger partial charge is 0.248 e. The minimum atomic E-state index is 0.349. The predicted octanol–water partition coefficient (Wildman–Crippen LogP) is 9.14. The Balaban J connectivity index is 1.44. The molecule has 4 heterocycles. The molecular formula is C40H22N6. The first-order valence-corrected chi connectivity index (χ1v) is 14.8. The zero-order valence-electron chi connectivity index (χ0n) is 24.4. The maximum Gasteiger partial charge on any atom is 0.141 e. The van der Waals surface area contributed by atoms with Gasteiger partial charge in [0.1, 0.15) is 23.5 Å². The molecule has 8 aromatic rings. The first-order chi connectivity index (χ1) is 22.7. The van der Waals surface area contributed by atoms with Crippen molar-refractivity contribution in [3.8, 4) is 57.2 Å². The molecule has 0 bridgehead atoms. The molecule has 0 aliphatic heterocycles. The minimum Gasteiger partial charge on any atom is -0.248 e. The number of hydrogen-bond donors (Lipinski definition) is 0. The van der Waals surface area contributed by atoms with Gasteiger partial charge in [0.2, 0.25) is 0 Å². The van der Waals surface area contributed by atoms with Crippen molar-refractivity contribution in [2.24, 2.45) is 0 Å². The standard InChI is InChI=1S/C40H22N6/c41-23-29-19-27(15-17-43-29)35-11-5-13-37(45-35)39-31-9-3-4-10-32(31)40(34-22-26-8-2-1-7-25(26)21-33(34)39)38-14-6-12-36(46-38)28-16-18-44-30(20-28)24-42/h1-22H. The van der Waals surface area contributed by atoms with Crippen LogP contribution in [0.4, 0.5) is 0 Å². The summed E-state index contributed by atoms with van der Waals surface area (Å²) >= 11 is 0. The van der Waals surface area contributed by atoms with Crippen LogP contribution < -0.4 is 0 Å². The fourth-order valence-electron chi connectivity index (χ4n) is 6.19. The molecule has 0 amide bonds. The van der Waals surface area contributed by atoms with Crippen molar-refractivity contribution < 1.29 is 0 Å². The molecule has 0 atom stereocenters. The molecule has 6 heteroatoms. The Labute approximate surface area is 264 Å². The Morgan fingerprint density at radius 3 is 1.30 bits per heavy atom. The molecule has 0 aliphatic rings. The van der Waals surface area contributed by atoms with Crippen LogP contribution >= 0.6 is 0 Å². The molecule has 0 aliphatic carbocycles. The molecule has 4 aromatic heterocycles. The SMILES string of the molecule is N#Cc1cc(-c2cccc(-c3c4ccccc4c(-c4cccc(-c5ccnc(C#N)c5)n4)c4cc5ccccc5cc34)n2)ccn1. The van der Waals surface area contributed by atoms with Gasteiger partial charge in [0, 0.05) is 34.6 Å². The van der Waals surface area contributed by atoms with Gasteiger partial charge in [-0.25, -0.2) is 19.9 Å². The number of aromatic nitrogens is 4. The van der Waals surface area contributed by atoms with E-state index >= 15 is 0 Å². The molecule has 0 N–H and O–H groups in total. The lowest BCUT2D eigenvalue weighted by molar-refractivity contribution is 1.25. The summed E-state index contributed by atoms with van der Waals surface area (Å²) in [5.74, 6) is 0. The summed E-state index contributed by atoms with van der Waals surface area (Å²) in [6.45, 7) is 0. The van der Waals surface area contributed by atoms with Crippen LogP contribution in [0.1, 0.15) is 11.4 Å². The first kappa shape index (κ1) is 26.8. The van der Waals surface area contributed by atoms with Gasteiger partial charge in [0.25, 0.3) is 0 Å². The van der Waals surface area contributed by atoms with Crippen LogP contribution in [0.2, 0.25) is 0 Å². The molecule has 0 spiro atoms. The highest BCUT2D eigenvalue weighted by molar-refractivity contribution is 6.23. The molecule has 4 aromatic carbocycles. The number of nitriles is 2. The monoisotopic (exact) mass is 586 g/mol. The van der Waals surface area contributed by atoms with Crippen LogP contribution in [-0.2, 0) is 0 Å². The predicted molar refractivity (Wildman–Crippen MR) is 181 cm³/mol. The summed E-state index contributed by atoms with van der Waals surface area (Å²) in [5, 5.41) is 25.4. The number of hydrogen-bond acceptors (Lipinski definition) is 6. The van der Waals surface area contributed by atoms with E-state index < -0.39 is 0 Å². The van der Waals surface area contributed by atoms with Gasteiger partial charge in [-0.05, 0) is 93.0 Å². The lowest BCUT2D eigenvalue weighted by Gasteiger charge is -2.18. The normalized spacial score (nSPS) is 11.0. The number of benzene rings is 4. The van der Waals surface area contributed by atoms with Gasteiger partial charge in [-0.2, -0.15) is 10.5 Å².